The molecule has 0 aliphatic heterocycles. The molecule has 0 N–H and O–H groups in total. The molecule has 0 saturated carbocycles. The van der Waals surface area contributed by atoms with E-state index < -0.39 is 9.84 Å². The highest BCUT2D eigenvalue weighted by molar-refractivity contribution is 8.01. The van der Waals surface area contributed by atoms with Crippen molar-refractivity contribution in [3.63, 3.8) is 0 Å². The summed E-state index contributed by atoms with van der Waals surface area (Å²) in [7, 11) is -3.28. The summed E-state index contributed by atoms with van der Waals surface area (Å²) in [5, 5.41) is 0.645. The van der Waals surface area contributed by atoms with Crippen molar-refractivity contribution in [2.75, 3.05) is 6.26 Å². The molecule has 0 aliphatic carbocycles. The predicted octanol–water partition coefficient (Wildman–Crippen LogP) is 6.82. The van der Waals surface area contributed by atoms with Crippen molar-refractivity contribution >= 4 is 44.5 Å². The minimum Gasteiger partial charge on any atom is -0.229 e. The van der Waals surface area contributed by atoms with Gasteiger partial charge >= 0.3 is 0 Å². The number of hydrogen-bond donors (Lipinski definition) is 0. The monoisotopic (exact) mass is 475 g/mol. The molecule has 3 aromatic carbocycles. The van der Waals surface area contributed by atoms with Gasteiger partial charge < -0.3 is 0 Å². The average Bonchev–Trinajstić information content (AvgIpc) is 3.12. The van der Waals surface area contributed by atoms with Gasteiger partial charge in [-0.3, -0.25) is 0 Å². The Labute approximate surface area is 187 Å². The highest BCUT2D eigenvalue weighted by Crippen LogP contribution is 2.42. The molecule has 0 spiro atoms. The summed E-state index contributed by atoms with van der Waals surface area (Å²) >= 11 is 9.07. The van der Waals surface area contributed by atoms with Gasteiger partial charge in [0.15, 0.2) is 14.2 Å². The van der Waals surface area contributed by atoms with Gasteiger partial charge in [-0.2, -0.15) is 0 Å². The van der Waals surface area contributed by atoms with E-state index in [1.165, 1.54) is 41.5 Å². The van der Waals surface area contributed by atoms with Gasteiger partial charge in [-0.15, -0.1) is 11.3 Å². The van der Waals surface area contributed by atoms with Crippen molar-refractivity contribution in [2.24, 2.45) is 0 Å². The van der Waals surface area contributed by atoms with Crippen molar-refractivity contribution < 1.29 is 12.8 Å². The summed E-state index contributed by atoms with van der Waals surface area (Å²) < 4.78 is 37.8. The van der Waals surface area contributed by atoms with E-state index in [2.05, 4.69) is 0 Å². The van der Waals surface area contributed by atoms with E-state index in [9.17, 15) is 12.8 Å². The smallest absolute Gasteiger partial charge is 0.175 e. The largest absolute Gasteiger partial charge is 0.229 e. The van der Waals surface area contributed by atoms with Gasteiger partial charge in [0.1, 0.15) is 5.82 Å². The molecule has 0 atom stereocenters. The van der Waals surface area contributed by atoms with Crippen LogP contribution in [-0.4, -0.2) is 19.7 Å². The van der Waals surface area contributed by atoms with Crippen LogP contribution in [0.1, 0.15) is 0 Å². The van der Waals surface area contributed by atoms with E-state index in [1.54, 1.807) is 36.4 Å². The van der Waals surface area contributed by atoms with Gasteiger partial charge in [0.25, 0.3) is 0 Å². The summed E-state index contributed by atoms with van der Waals surface area (Å²) in [6.07, 6.45) is 1.18. The van der Waals surface area contributed by atoms with Crippen LogP contribution in [0.3, 0.4) is 0 Å². The third kappa shape index (κ3) is 4.75. The Morgan fingerprint density at radius 3 is 2.27 bits per heavy atom. The lowest BCUT2D eigenvalue weighted by Gasteiger charge is -2.04. The molecule has 152 valence electrons. The summed E-state index contributed by atoms with van der Waals surface area (Å²) in [5.41, 5.74) is 2.35. The fourth-order valence-electron chi connectivity index (χ4n) is 2.83. The molecule has 4 rings (SSSR count). The van der Waals surface area contributed by atoms with Crippen molar-refractivity contribution in [1.29, 1.82) is 0 Å². The molecule has 0 fully saturated rings. The first kappa shape index (κ1) is 21.1. The van der Waals surface area contributed by atoms with Gasteiger partial charge in [-0.1, -0.05) is 41.6 Å². The molecular weight excluding hydrogens is 461 g/mol. The van der Waals surface area contributed by atoms with Crippen LogP contribution < -0.4 is 0 Å². The lowest BCUT2D eigenvalue weighted by Crippen LogP contribution is -1.96. The second-order valence-corrected chi connectivity index (χ2v) is 11.3. The van der Waals surface area contributed by atoms with Crippen molar-refractivity contribution in [1.82, 2.24) is 4.98 Å². The second kappa shape index (κ2) is 8.51. The quantitative estimate of drug-likeness (QED) is 0.317. The van der Waals surface area contributed by atoms with Gasteiger partial charge in [-0.25, -0.2) is 17.8 Å². The van der Waals surface area contributed by atoms with E-state index in [0.717, 1.165) is 30.9 Å². The van der Waals surface area contributed by atoms with Gasteiger partial charge in [-0.05, 0) is 60.2 Å². The van der Waals surface area contributed by atoms with Gasteiger partial charge in [0, 0.05) is 21.7 Å². The number of nitrogens with zero attached hydrogens (tertiary/aromatic N) is 1. The number of aromatic nitrogens is 1. The van der Waals surface area contributed by atoms with E-state index in [4.69, 9.17) is 16.6 Å². The van der Waals surface area contributed by atoms with Crippen molar-refractivity contribution in [2.45, 2.75) is 14.1 Å². The molecule has 1 heterocycles. The Kier molecular flexibility index (Phi) is 5.97. The standard InChI is InChI=1S/C22H15ClFNO2S3/c1-30(26,27)19-11-7-15(8-12-19)21-20(14-5-9-17(24)10-6-14)25-22(29-21)28-18-4-2-3-16(23)13-18/h2-13H,1H3. The number of rotatable bonds is 5. The van der Waals surface area contributed by atoms with Crippen LogP contribution in [0.4, 0.5) is 4.39 Å². The fourth-order valence-corrected chi connectivity index (χ4v) is 5.92. The average molecular weight is 476 g/mol. The molecule has 8 heteroatoms. The molecule has 0 radical (unpaired) electrons. The van der Waals surface area contributed by atoms with Crippen LogP contribution in [0.25, 0.3) is 21.7 Å². The fraction of sp³-hybridized carbons (Fsp3) is 0.0455. The molecule has 0 bridgehead atoms. The first-order chi connectivity index (χ1) is 14.3. The number of sulfone groups is 1. The van der Waals surface area contributed by atoms with Gasteiger partial charge in [0.2, 0.25) is 0 Å². The molecule has 3 nitrogen and oxygen atoms in total. The zero-order chi connectivity index (χ0) is 21.3. The van der Waals surface area contributed by atoms with Crippen LogP contribution in [0.5, 0.6) is 0 Å². The minimum absolute atomic E-state index is 0.257. The normalized spacial score (nSPS) is 11.6. The lowest BCUT2D eigenvalue weighted by atomic mass is 10.1. The Morgan fingerprint density at radius 2 is 1.63 bits per heavy atom. The third-order valence-corrected chi connectivity index (χ3v) is 7.79. The second-order valence-electron chi connectivity index (χ2n) is 6.52. The molecule has 0 unspecified atom stereocenters. The molecule has 0 aliphatic rings. The maximum Gasteiger partial charge on any atom is 0.175 e. The minimum atomic E-state index is -3.28. The maximum absolute atomic E-state index is 13.4. The zero-order valence-electron chi connectivity index (χ0n) is 15.7. The van der Waals surface area contributed by atoms with Crippen molar-refractivity contribution in [3.05, 3.63) is 83.6 Å². The van der Waals surface area contributed by atoms with Crippen LogP contribution in [0.15, 0.2) is 86.9 Å². The summed E-state index contributed by atoms with van der Waals surface area (Å²) in [5.74, 6) is -0.318. The Bertz CT molecular complexity index is 1300. The molecule has 30 heavy (non-hydrogen) atoms. The predicted molar refractivity (Wildman–Crippen MR) is 122 cm³/mol. The van der Waals surface area contributed by atoms with E-state index in [-0.39, 0.29) is 10.7 Å². The van der Waals surface area contributed by atoms with E-state index in [0.29, 0.717) is 5.02 Å². The van der Waals surface area contributed by atoms with Crippen LogP contribution in [0, 0.1) is 5.82 Å². The summed E-state index contributed by atoms with van der Waals surface area (Å²) in [6.45, 7) is 0. The SMILES string of the molecule is CS(=O)(=O)c1ccc(-c2sc(Sc3cccc(Cl)c3)nc2-c2ccc(F)cc2)cc1. The van der Waals surface area contributed by atoms with E-state index >= 15 is 0 Å². The van der Waals surface area contributed by atoms with Crippen LogP contribution >= 0.6 is 34.7 Å². The molecule has 0 amide bonds. The maximum atomic E-state index is 13.4. The van der Waals surface area contributed by atoms with Crippen LogP contribution in [0.2, 0.25) is 5.02 Å². The highest BCUT2D eigenvalue weighted by atomic mass is 35.5. The number of halogens is 2. The summed E-state index contributed by atoms with van der Waals surface area (Å²) in [6, 6.07) is 20.4. The number of thiazole rings is 1. The first-order valence-electron chi connectivity index (χ1n) is 8.80. The first-order valence-corrected chi connectivity index (χ1v) is 12.7. The third-order valence-electron chi connectivity index (χ3n) is 4.27. The van der Waals surface area contributed by atoms with Crippen LogP contribution in [-0.2, 0) is 9.84 Å². The highest BCUT2D eigenvalue weighted by Gasteiger charge is 2.17. The molecule has 4 aromatic rings. The Balaban J connectivity index is 1.79. The zero-order valence-corrected chi connectivity index (χ0v) is 18.9. The Morgan fingerprint density at radius 1 is 0.967 bits per heavy atom. The van der Waals surface area contributed by atoms with Gasteiger partial charge in [0.05, 0.1) is 15.5 Å². The summed E-state index contributed by atoms with van der Waals surface area (Å²) in [4.78, 5) is 6.88. The molecule has 1 aromatic heterocycles. The number of benzene rings is 3. The lowest BCUT2D eigenvalue weighted by molar-refractivity contribution is 0.602. The Hall–Kier alpha value is -2.19. The van der Waals surface area contributed by atoms with E-state index in [1.807, 2.05) is 24.3 Å². The van der Waals surface area contributed by atoms with Crippen molar-refractivity contribution in [3.8, 4) is 21.7 Å². The molecular formula is C22H15ClFNO2S3. The topological polar surface area (TPSA) is 47.0 Å². The number of hydrogen-bond acceptors (Lipinski definition) is 5. The molecule has 0 saturated heterocycles.